The van der Waals surface area contributed by atoms with Gasteiger partial charge < -0.3 is 4.84 Å². The Morgan fingerprint density at radius 2 is 2.25 bits per heavy atom. The van der Waals surface area contributed by atoms with E-state index in [4.69, 9.17) is 11.2 Å². The minimum Gasteiger partial charge on any atom is -0.305 e. The minimum atomic E-state index is 0.557. The predicted molar refractivity (Wildman–Crippen MR) is 29.6 cm³/mol. The molecule has 0 saturated carbocycles. The number of nitrogens with zero attached hydrogens (tertiary/aromatic N) is 1. The second-order valence-corrected chi connectivity index (χ2v) is 1.49. The van der Waals surface area contributed by atoms with Crippen molar-refractivity contribution in [3.63, 3.8) is 0 Å². The standard InChI is InChI=1S/C5H10N2O/c6-4-2-1-3-5-8-7/h1-3,5,7H2. The van der Waals surface area contributed by atoms with Gasteiger partial charge in [0.2, 0.25) is 0 Å². The topological polar surface area (TPSA) is 59.0 Å². The second-order valence-electron chi connectivity index (χ2n) is 1.49. The van der Waals surface area contributed by atoms with Crippen molar-refractivity contribution in [2.24, 2.45) is 5.90 Å². The van der Waals surface area contributed by atoms with E-state index < -0.39 is 0 Å². The summed E-state index contributed by atoms with van der Waals surface area (Å²) in [6.07, 6.45) is 2.36. The molecule has 2 N–H and O–H groups in total. The lowest BCUT2D eigenvalue weighted by molar-refractivity contribution is 0.134. The van der Waals surface area contributed by atoms with Gasteiger partial charge in [-0.3, -0.25) is 0 Å². The van der Waals surface area contributed by atoms with Gasteiger partial charge >= 0.3 is 0 Å². The first kappa shape index (κ1) is 7.41. The monoisotopic (exact) mass is 114 g/mol. The molecule has 0 bridgehead atoms. The SMILES string of the molecule is N#CCCCCON. The van der Waals surface area contributed by atoms with Crippen molar-refractivity contribution in [2.75, 3.05) is 6.61 Å². The van der Waals surface area contributed by atoms with Gasteiger partial charge in [-0.25, -0.2) is 5.90 Å². The van der Waals surface area contributed by atoms with Crippen molar-refractivity contribution >= 4 is 0 Å². The van der Waals surface area contributed by atoms with Crippen LogP contribution in [0.2, 0.25) is 0 Å². The van der Waals surface area contributed by atoms with E-state index >= 15 is 0 Å². The molecule has 0 fully saturated rings. The van der Waals surface area contributed by atoms with E-state index in [1.165, 1.54) is 0 Å². The molecular formula is C5H10N2O. The lowest BCUT2D eigenvalue weighted by Crippen LogP contribution is -1.99. The molecule has 0 aliphatic carbocycles. The highest BCUT2D eigenvalue weighted by molar-refractivity contribution is 4.67. The Hall–Kier alpha value is -0.590. The third kappa shape index (κ3) is 5.41. The average molecular weight is 114 g/mol. The normalized spacial score (nSPS) is 8.50. The van der Waals surface area contributed by atoms with E-state index in [0.717, 1.165) is 12.8 Å². The summed E-state index contributed by atoms with van der Waals surface area (Å²) in [7, 11) is 0. The Bertz CT molecular complexity index is 77.0. The molecule has 0 amide bonds. The van der Waals surface area contributed by atoms with E-state index in [-0.39, 0.29) is 0 Å². The third-order valence-electron chi connectivity index (χ3n) is 0.801. The van der Waals surface area contributed by atoms with Crippen LogP contribution in [0.25, 0.3) is 0 Å². The van der Waals surface area contributed by atoms with Crippen LogP contribution in [0.4, 0.5) is 0 Å². The minimum absolute atomic E-state index is 0.557. The summed E-state index contributed by atoms with van der Waals surface area (Å²) in [6.45, 7) is 0.557. The molecule has 0 spiro atoms. The zero-order chi connectivity index (χ0) is 6.24. The Morgan fingerprint density at radius 1 is 1.50 bits per heavy atom. The molecule has 0 unspecified atom stereocenters. The Morgan fingerprint density at radius 3 is 2.75 bits per heavy atom. The van der Waals surface area contributed by atoms with Crippen LogP contribution in [-0.2, 0) is 4.84 Å². The number of unbranched alkanes of at least 4 members (excludes halogenated alkanes) is 2. The van der Waals surface area contributed by atoms with Crippen molar-refractivity contribution in [1.29, 1.82) is 5.26 Å². The second kappa shape index (κ2) is 6.41. The zero-order valence-corrected chi connectivity index (χ0v) is 4.76. The summed E-state index contributed by atoms with van der Waals surface area (Å²) >= 11 is 0. The van der Waals surface area contributed by atoms with E-state index in [0.29, 0.717) is 13.0 Å². The van der Waals surface area contributed by atoms with Crippen molar-refractivity contribution in [1.82, 2.24) is 0 Å². The quantitative estimate of drug-likeness (QED) is 0.429. The van der Waals surface area contributed by atoms with Crippen molar-refractivity contribution in [3.8, 4) is 6.07 Å². The largest absolute Gasteiger partial charge is 0.305 e. The van der Waals surface area contributed by atoms with Gasteiger partial charge in [-0.05, 0) is 12.8 Å². The van der Waals surface area contributed by atoms with Crippen LogP contribution >= 0.6 is 0 Å². The Balaban J connectivity index is 2.65. The number of nitrogens with two attached hydrogens (primary N) is 1. The lowest BCUT2D eigenvalue weighted by atomic mass is 10.3. The lowest BCUT2D eigenvalue weighted by Gasteiger charge is -1.91. The molecule has 0 atom stereocenters. The van der Waals surface area contributed by atoms with Gasteiger partial charge in [0.05, 0.1) is 12.7 Å². The fourth-order valence-corrected chi connectivity index (χ4v) is 0.389. The van der Waals surface area contributed by atoms with Gasteiger partial charge in [0.25, 0.3) is 0 Å². The van der Waals surface area contributed by atoms with Gasteiger partial charge in [0, 0.05) is 6.42 Å². The Labute approximate surface area is 49.0 Å². The maximum absolute atomic E-state index is 8.04. The Kier molecular flexibility index (Phi) is 5.94. The molecule has 0 aromatic heterocycles. The average Bonchev–Trinajstić information content (AvgIpc) is 1.81. The molecule has 46 valence electrons. The summed E-state index contributed by atoms with van der Waals surface area (Å²) in [6, 6.07) is 2.03. The highest BCUT2D eigenvalue weighted by Crippen LogP contribution is 1.91. The van der Waals surface area contributed by atoms with Gasteiger partial charge in [-0.15, -0.1) is 0 Å². The van der Waals surface area contributed by atoms with Crippen LogP contribution in [0.1, 0.15) is 19.3 Å². The van der Waals surface area contributed by atoms with Crippen molar-refractivity contribution in [3.05, 3.63) is 0 Å². The first-order valence-electron chi connectivity index (χ1n) is 2.60. The summed E-state index contributed by atoms with van der Waals surface area (Å²) in [5, 5.41) is 8.04. The highest BCUT2D eigenvalue weighted by Gasteiger charge is 1.83. The van der Waals surface area contributed by atoms with E-state index in [1.54, 1.807) is 0 Å². The number of rotatable bonds is 4. The van der Waals surface area contributed by atoms with Gasteiger partial charge in [-0.2, -0.15) is 5.26 Å². The maximum atomic E-state index is 8.04. The number of hydrogen-bond donors (Lipinski definition) is 1. The molecular weight excluding hydrogens is 104 g/mol. The van der Waals surface area contributed by atoms with Crippen molar-refractivity contribution < 1.29 is 4.84 Å². The predicted octanol–water partition coefficient (Wildman–Crippen LogP) is 0.571. The molecule has 0 saturated heterocycles. The summed E-state index contributed by atoms with van der Waals surface area (Å²) in [4.78, 5) is 4.28. The van der Waals surface area contributed by atoms with E-state index in [9.17, 15) is 0 Å². The molecule has 0 rings (SSSR count). The molecule has 0 radical (unpaired) electrons. The maximum Gasteiger partial charge on any atom is 0.0679 e. The molecule has 0 aromatic carbocycles. The van der Waals surface area contributed by atoms with Gasteiger partial charge in [0.15, 0.2) is 0 Å². The molecule has 0 aromatic rings. The van der Waals surface area contributed by atoms with Crippen molar-refractivity contribution in [2.45, 2.75) is 19.3 Å². The molecule has 0 aliphatic heterocycles. The number of nitriles is 1. The zero-order valence-electron chi connectivity index (χ0n) is 4.76. The van der Waals surface area contributed by atoms with Gasteiger partial charge in [-0.1, -0.05) is 0 Å². The fraction of sp³-hybridized carbons (Fsp3) is 0.800. The molecule has 0 heterocycles. The van der Waals surface area contributed by atoms with Crippen LogP contribution in [0.3, 0.4) is 0 Å². The summed E-state index contributed by atoms with van der Waals surface area (Å²) in [5.74, 6) is 4.73. The van der Waals surface area contributed by atoms with Crippen LogP contribution in [-0.4, -0.2) is 6.61 Å². The fourth-order valence-electron chi connectivity index (χ4n) is 0.389. The summed E-state index contributed by atoms with van der Waals surface area (Å²) < 4.78 is 0. The number of hydrogen-bond acceptors (Lipinski definition) is 3. The highest BCUT2D eigenvalue weighted by atomic mass is 16.6. The molecule has 8 heavy (non-hydrogen) atoms. The third-order valence-corrected chi connectivity index (χ3v) is 0.801. The van der Waals surface area contributed by atoms with Crippen LogP contribution < -0.4 is 5.90 Å². The first-order valence-corrected chi connectivity index (χ1v) is 2.60. The van der Waals surface area contributed by atoms with E-state index in [2.05, 4.69) is 4.84 Å². The smallest absolute Gasteiger partial charge is 0.0679 e. The summed E-state index contributed by atoms with van der Waals surface area (Å²) in [5.41, 5.74) is 0. The molecule has 0 aliphatic rings. The van der Waals surface area contributed by atoms with Crippen LogP contribution in [0, 0.1) is 11.3 Å². The molecule has 3 heteroatoms. The van der Waals surface area contributed by atoms with Crippen LogP contribution in [0.5, 0.6) is 0 Å². The van der Waals surface area contributed by atoms with E-state index in [1.807, 2.05) is 6.07 Å². The van der Waals surface area contributed by atoms with Crippen LogP contribution in [0.15, 0.2) is 0 Å². The van der Waals surface area contributed by atoms with Gasteiger partial charge in [0.1, 0.15) is 0 Å². The molecule has 3 nitrogen and oxygen atoms in total. The first-order chi connectivity index (χ1) is 3.91.